The van der Waals surface area contributed by atoms with E-state index in [1.807, 2.05) is 13.0 Å². The Labute approximate surface area is 87.3 Å². The van der Waals surface area contributed by atoms with Gasteiger partial charge in [-0.05, 0) is 25.0 Å². The molecule has 2 aromatic rings. The van der Waals surface area contributed by atoms with E-state index in [9.17, 15) is 4.39 Å². The zero-order valence-corrected chi connectivity index (χ0v) is 8.47. The fraction of sp³-hybridized carbons (Fsp3) is 0.250. The van der Waals surface area contributed by atoms with Gasteiger partial charge < -0.3 is 4.98 Å². The zero-order chi connectivity index (χ0) is 10.8. The van der Waals surface area contributed by atoms with Gasteiger partial charge in [0.05, 0.1) is 11.6 Å². The summed E-state index contributed by atoms with van der Waals surface area (Å²) in [6.07, 6.45) is 1.14. The van der Waals surface area contributed by atoms with Crippen LogP contribution in [-0.2, 0) is 6.42 Å². The second-order valence-electron chi connectivity index (χ2n) is 3.55. The van der Waals surface area contributed by atoms with Crippen LogP contribution in [0, 0.1) is 24.1 Å². The monoisotopic (exact) mass is 202 g/mol. The minimum atomic E-state index is -0.237. The molecule has 0 aliphatic rings. The number of benzene rings is 1. The smallest absolute Gasteiger partial charge is 0.147 e. The standard InChI is InChI=1S/C12H11FN2/c1-8-9(5-3-7-14)10-4-2-6-11(13)12(10)15-8/h2,4,6,15H,3,5H2,1H3. The molecular formula is C12H11FN2. The first-order chi connectivity index (χ1) is 7.24. The SMILES string of the molecule is Cc1[nH]c2c(F)cccc2c1CCC#N. The lowest BCUT2D eigenvalue weighted by atomic mass is 10.1. The van der Waals surface area contributed by atoms with Gasteiger partial charge in [0, 0.05) is 17.5 Å². The normalized spacial score (nSPS) is 10.5. The number of H-pyrrole nitrogens is 1. The number of hydrogen-bond acceptors (Lipinski definition) is 1. The van der Waals surface area contributed by atoms with Crippen LogP contribution >= 0.6 is 0 Å². The van der Waals surface area contributed by atoms with E-state index in [4.69, 9.17) is 5.26 Å². The van der Waals surface area contributed by atoms with Crippen molar-refractivity contribution in [2.45, 2.75) is 19.8 Å². The minimum Gasteiger partial charge on any atom is -0.356 e. The van der Waals surface area contributed by atoms with Gasteiger partial charge in [0.25, 0.3) is 0 Å². The maximum atomic E-state index is 13.4. The van der Waals surface area contributed by atoms with Crippen molar-refractivity contribution >= 4 is 10.9 Å². The maximum Gasteiger partial charge on any atom is 0.147 e. The molecule has 1 aromatic heterocycles. The molecule has 0 saturated carbocycles. The number of aromatic nitrogens is 1. The van der Waals surface area contributed by atoms with E-state index in [-0.39, 0.29) is 5.82 Å². The molecule has 0 atom stereocenters. The minimum absolute atomic E-state index is 0.237. The first-order valence-corrected chi connectivity index (χ1v) is 4.86. The van der Waals surface area contributed by atoms with Gasteiger partial charge in [0.2, 0.25) is 0 Å². The number of rotatable bonds is 2. The molecule has 0 aliphatic heterocycles. The molecule has 0 spiro atoms. The third kappa shape index (κ3) is 1.59. The summed E-state index contributed by atoms with van der Waals surface area (Å²) < 4.78 is 13.4. The topological polar surface area (TPSA) is 39.6 Å². The summed E-state index contributed by atoms with van der Waals surface area (Å²) in [4.78, 5) is 3.02. The van der Waals surface area contributed by atoms with Gasteiger partial charge in [-0.15, -0.1) is 0 Å². The lowest BCUT2D eigenvalue weighted by Crippen LogP contribution is -1.84. The molecule has 2 rings (SSSR count). The molecule has 0 radical (unpaired) electrons. The highest BCUT2D eigenvalue weighted by molar-refractivity contribution is 5.85. The molecule has 0 amide bonds. The largest absolute Gasteiger partial charge is 0.356 e. The Kier molecular flexibility index (Phi) is 2.42. The van der Waals surface area contributed by atoms with Crippen LogP contribution in [0.15, 0.2) is 18.2 Å². The predicted octanol–water partition coefficient (Wildman–Crippen LogP) is 3.07. The summed E-state index contributed by atoms with van der Waals surface area (Å²) >= 11 is 0. The molecule has 1 N–H and O–H groups in total. The summed E-state index contributed by atoms with van der Waals surface area (Å²) in [6.45, 7) is 1.91. The summed E-state index contributed by atoms with van der Waals surface area (Å²) in [5.41, 5.74) is 2.54. The van der Waals surface area contributed by atoms with Gasteiger partial charge in [-0.25, -0.2) is 4.39 Å². The Bertz CT molecular complexity index is 534. The van der Waals surface area contributed by atoms with Crippen molar-refractivity contribution in [1.82, 2.24) is 4.98 Å². The third-order valence-electron chi connectivity index (χ3n) is 2.59. The first-order valence-electron chi connectivity index (χ1n) is 4.86. The van der Waals surface area contributed by atoms with Crippen LogP contribution in [-0.4, -0.2) is 4.98 Å². The molecule has 1 heterocycles. The van der Waals surface area contributed by atoms with Crippen molar-refractivity contribution in [3.05, 3.63) is 35.3 Å². The number of para-hydroxylation sites is 1. The van der Waals surface area contributed by atoms with Crippen molar-refractivity contribution in [2.24, 2.45) is 0 Å². The molecule has 1 aromatic carbocycles. The van der Waals surface area contributed by atoms with Gasteiger partial charge >= 0.3 is 0 Å². The number of nitrogens with zero attached hydrogens (tertiary/aromatic N) is 1. The highest BCUT2D eigenvalue weighted by atomic mass is 19.1. The molecule has 2 nitrogen and oxygen atoms in total. The number of nitriles is 1. The fourth-order valence-electron chi connectivity index (χ4n) is 1.87. The molecule has 0 fully saturated rings. The zero-order valence-electron chi connectivity index (χ0n) is 8.47. The first kappa shape index (κ1) is 9.72. The number of hydrogen-bond donors (Lipinski definition) is 1. The van der Waals surface area contributed by atoms with Crippen molar-refractivity contribution < 1.29 is 4.39 Å². The third-order valence-corrected chi connectivity index (χ3v) is 2.59. The summed E-state index contributed by atoms with van der Waals surface area (Å²) in [5.74, 6) is -0.237. The molecule has 0 aliphatic carbocycles. The van der Waals surface area contributed by atoms with Crippen molar-refractivity contribution in [1.29, 1.82) is 5.26 Å². The molecule has 3 heteroatoms. The molecule has 76 valence electrons. The van der Waals surface area contributed by atoms with E-state index < -0.39 is 0 Å². The summed E-state index contributed by atoms with van der Waals surface area (Å²) in [5, 5.41) is 9.44. The number of aryl methyl sites for hydroxylation is 2. The van der Waals surface area contributed by atoms with Crippen LogP contribution in [0.1, 0.15) is 17.7 Å². The van der Waals surface area contributed by atoms with E-state index in [0.717, 1.165) is 16.6 Å². The average molecular weight is 202 g/mol. The number of nitrogens with one attached hydrogen (secondary N) is 1. The quantitative estimate of drug-likeness (QED) is 0.798. The maximum absolute atomic E-state index is 13.4. The second kappa shape index (κ2) is 3.74. The van der Waals surface area contributed by atoms with Crippen LogP contribution in [0.4, 0.5) is 4.39 Å². The van der Waals surface area contributed by atoms with Crippen LogP contribution in [0.3, 0.4) is 0 Å². The Morgan fingerprint density at radius 1 is 1.47 bits per heavy atom. The van der Waals surface area contributed by atoms with E-state index in [1.54, 1.807) is 6.07 Å². The molecule has 0 bridgehead atoms. The molecular weight excluding hydrogens is 191 g/mol. The van der Waals surface area contributed by atoms with Crippen molar-refractivity contribution in [2.75, 3.05) is 0 Å². The highest BCUT2D eigenvalue weighted by Gasteiger charge is 2.10. The van der Waals surface area contributed by atoms with Gasteiger partial charge in [-0.1, -0.05) is 12.1 Å². The van der Waals surface area contributed by atoms with Gasteiger partial charge in [-0.2, -0.15) is 5.26 Å². The van der Waals surface area contributed by atoms with Crippen LogP contribution in [0.2, 0.25) is 0 Å². The summed E-state index contributed by atoms with van der Waals surface area (Å²) in [7, 11) is 0. The lowest BCUT2D eigenvalue weighted by molar-refractivity contribution is 0.637. The molecule has 0 saturated heterocycles. The van der Waals surface area contributed by atoms with Crippen molar-refractivity contribution in [3.8, 4) is 6.07 Å². The average Bonchev–Trinajstić information content (AvgIpc) is 2.54. The van der Waals surface area contributed by atoms with E-state index >= 15 is 0 Å². The van der Waals surface area contributed by atoms with Crippen LogP contribution in [0.5, 0.6) is 0 Å². The van der Waals surface area contributed by atoms with Gasteiger partial charge in [0.1, 0.15) is 5.82 Å². The van der Waals surface area contributed by atoms with Gasteiger partial charge in [-0.3, -0.25) is 0 Å². The molecule has 0 unspecified atom stereocenters. The Morgan fingerprint density at radius 3 is 3.00 bits per heavy atom. The lowest BCUT2D eigenvalue weighted by Gasteiger charge is -1.96. The Balaban J connectivity index is 2.59. The fourth-order valence-corrected chi connectivity index (χ4v) is 1.87. The van der Waals surface area contributed by atoms with Crippen LogP contribution < -0.4 is 0 Å². The Hall–Kier alpha value is -1.82. The number of halogens is 1. The highest BCUT2D eigenvalue weighted by Crippen LogP contribution is 2.25. The van der Waals surface area contributed by atoms with Crippen LogP contribution in [0.25, 0.3) is 10.9 Å². The van der Waals surface area contributed by atoms with Gasteiger partial charge in [0.15, 0.2) is 0 Å². The summed E-state index contributed by atoms with van der Waals surface area (Å²) in [6, 6.07) is 7.12. The van der Waals surface area contributed by atoms with Crippen molar-refractivity contribution in [3.63, 3.8) is 0 Å². The number of aromatic amines is 1. The predicted molar refractivity (Wildman–Crippen MR) is 56.9 cm³/mol. The van der Waals surface area contributed by atoms with E-state index in [1.165, 1.54) is 6.07 Å². The van der Waals surface area contributed by atoms with E-state index in [2.05, 4.69) is 11.1 Å². The molecule has 15 heavy (non-hydrogen) atoms. The second-order valence-corrected chi connectivity index (χ2v) is 3.55. The number of fused-ring (bicyclic) bond motifs is 1. The Morgan fingerprint density at radius 2 is 2.27 bits per heavy atom. The van der Waals surface area contributed by atoms with E-state index in [0.29, 0.717) is 18.4 Å².